The molecular weight excluding hydrogens is 412 g/mol. The van der Waals surface area contributed by atoms with Gasteiger partial charge in [0.05, 0.1) is 11.9 Å². The van der Waals surface area contributed by atoms with Gasteiger partial charge in [0.25, 0.3) is 0 Å². The summed E-state index contributed by atoms with van der Waals surface area (Å²) in [4.78, 5) is 4.65. The summed E-state index contributed by atoms with van der Waals surface area (Å²) < 4.78 is 35.7. The van der Waals surface area contributed by atoms with Crippen LogP contribution in [0.2, 0.25) is 5.02 Å². The smallest absolute Gasteiger partial charge is 0.247 e. The van der Waals surface area contributed by atoms with Gasteiger partial charge >= 0.3 is 0 Å². The molecule has 2 aromatic heterocycles. The van der Waals surface area contributed by atoms with Gasteiger partial charge in [-0.25, -0.2) is 13.4 Å². The lowest BCUT2D eigenvalue weighted by molar-refractivity contribution is 0.216. The van der Waals surface area contributed by atoms with Gasteiger partial charge in [0.15, 0.2) is 0 Å². The summed E-state index contributed by atoms with van der Waals surface area (Å²) in [6.07, 6.45) is 6.19. The zero-order chi connectivity index (χ0) is 20.6. The second kappa shape index (κ2) is 7.93. The molecule has 0 aliphatic carbocycles. The van der Waals surface area contributed by atoms with Gasteiger partial charge in [-0.3, -0.25) is 4.68 Å². The Bertz CT molecular complexity index is 1120. The Labute approximate surface area is 175 Å². The highest BCUT2D eigenvalue weighted by molar-refractivity contribution is 7.89. The van der Waals surface area contributed by atoms with Crippen LogP contribution in [-0.4, -0.2) is 34.0 Å². The molecule has 0 bridgehead atoms. The molecule has 3 heterocycles. The molecular formula is C20H23ClN4O3S. The van der Waals surface area contributed by atoms with Gasteiger partial charge in [-0.05, 0) is 37.5 Å². The summed E-state index contributed by atoms with van der Waals surface area (Å²) in [5.41, 5.74) is 1.50. The van der Waals surface area contributed by atoms with E-state index >= 15 is 0 Å². The lowest BCUT2D eigenvalue weighted by Crippen LogP contribution is -2.38. The Balaban J connectivity index is 1.61. The quantitative estimate of drug-likeness (QED) is 0.608. The van der Waals surface area contributed by atoms with E-state index in [9.17, 15) is 8.42 Å². The highest BCUT2D eigenvalue weighted by Crippen LogP contribution is 2.36. The van der Waals surface area contributed by atoms with E-state index in [4.69, 9.17) is 16.0 Å². The number of nitrogens with zero attached hydrogens (tertiary/aromatic N) is 4. The zero-order valence-electron chi connectivity index (χ0n) is 16.4. The van der Waals surface area contributed by atoms with E-state index in [1.165, 1.54) is 8.99 Å². The third-order valence-electron chi connectivity index (χ3n) is 5.13. The number of halogens is 1. The summed E-state index contributed by atoms with van der Waals surface area (Å²) in [5.74, 6) is 1.12. The summed E-state index contributed by atoms with van der Waals surface area (Å²) in [6, 6.07) is 7.15. The molecule has 0 radical (unpaired) electrons. The Hall–Kier alpha value is -2.16. The van der Waals surface area contributed by atoms with E-state index in [0.717, 1.165) is 18.4 Å². The van der Waals surface area contributed by atoms with Crippen molar-refractivity contribution in [2.75, 3.05) is 6.54 Å². The first-order valence-corrected chi connectivity index (χ1v) is 11.4. The van der Waals surface area contributed by atoms with Crippen molar-refractivity contribution >= 4 is 21.6 Å². The van der Waals surface area contributed by atoms with Crippen LogP contribution in [0, 0.1) is 6.92 Å². The number of hydrogen-bond donors (Lipinski definition) is 0. The largest absolute Gasteiger partial charge is 0.444 e. The third kappa shape index (κ3) is 4.10. The molecule has 0 spiro atoms. The normalized spacial score (nSPS) is 18.2. The molecule has 4 rings (SSSR count). The molecule has 9 heteroatoms. The molecule has 29 heavy (non-hydrogen) atoms. The maximum atomic E-state index is 13.3. The van der Waals surface area contributed by atoms with Crippen molar-refractivity contribution in [3.05, 3.63) is 64.6 Å². The topological polar surface area (TPSA) is 81.2 Å². The molecule has 1 saturated heterocycles. The van der Waals surface area contributed by atoms with Gasteiger partial charge in [-0.15, -0.1) is 0 Å². The summed E-state index contributed by atoms with van der Waals surface area (Å²) >= 11 is 6.05. The Morgan fingerprint density at radius 1 is 1.31 bits per heavy atom. The van der Waals surface area contributed by atoms with Crippen molar-refractivity contribution < 1.29 is 12.8 Å². The number of hydrogen-bond acceptors (Lipinski definition) is 5. The Morgan fingerprint density at radius 2 is 2.14 bits per heavy atom. The number of oxazole rings is 1. The van der Waals surface area contributed by atoms with Crippen LogP contribution < -0.4 is 0 Å². The first kappa shape index (κ1) is 20.1. The molecule has 1 atom stereocenters. The van der Waals surface area contributed by atoms with Gasteiger partial charge in [0, 0.05) is 31.2 Å². The summed E-state index contributed by atoms with van der Waals surface area (Å²) in [6.45, 7) is 2.15. The molecule has 1 aliphatic heterocycles. The van der Waals surface area contributed by atoms with Crippen LogP contribution in [0.15, 0.2) is 46.0 Å². The fourth-order valence-electron chi connectivity index (χ4n) is 3.80. The molecule has 154 valence electrons. The van der Waals surface area contributed by atoms with Gasteiger partial charge in [-0.1, -0.05) is 30.2 Å². The monoisotopic (exact) mass is 434 g/mol. The van der Waals surface area contributed by atoms with Crippen molar-refractivity contribution in [2.45, 2.75) is 43.5 Å². The maximum Gasteiger partial charge on any atom is 0.247 e. The minimum absolute atomic E-state index is 0.234. The van der Waals surface area contributed by atoms with Crippen molar-refractivity contribution in [3.8, 4) is 0 Å². The minimum Gasteiger partial charge on any atom is -0.444 e. The van der Waals surface area contributed by atoms with Crippen molar-refractivity contribution in [3.63, 3.8) is 0 Å². The molecule has 0 unspecified atom stereocenters. The molecule has 0 N–H and O–H groups in total. The van der Waals surface area contributed by atoms with Crippen molar-refractivity contribution in [1.82, 2.24) is 19.1 Å². The minimum atomic E-state index is -3.69. The standard InChI is InChI=1S/C20H23ClN4O3S/c1-14-19(13-24(2)23-14)29(26,27)25-9-4-3-8-18(25)20-22-12-17(28-20)11-15-6-5-7-16(21)10-15/h5-7,10,12-13,18H,3-4,8-9,11H2,1-2H3/t18-/m0/s1. The number of rotatable bonds is 5. The van der Waals surface area contributed by atoms with E-state index in [1.807, 2.05) is 24.3 Å². The summed E-state index contributed by atoms with van der Waals surface area (Å²) in [5, 5.41) is 4.85. The van der Waals surface area contributed by atoms with Crippen molar-refractivity contribution in [1.29, 1.82) is 0 Å². The zero-order valence-corrected chi connectivity index (χ0v) is 17.9. The van der Waals surface area contributed by atoms with E-state index in [-0.39, 0.29) is 4.90 Å². The first-order chi connectivity index (χ1) is 13.8. The average Bonchev–Trinajstić information content (AvgIpc) is 3.28. The second-order valence-electron chi connectivity index (χ2n) is 7.35. The van der Waals surface area contributed by atoms with Gasteiger partial charge < -0.3 is 4.42 Å². The fraction of sp³-hybridized carbons (Fsp3) is 0.400. The molecule has 1 aromatic carbocycles. The van der Waals surface area contributed by atoms with Crippen LogP contribution in [0.4, 0.5) is 0 Å². The molecule has 1 fully saturated rings. The Morgan fingerprint density at radius 3 is 2.86 bits per heavy atom. The van der Waals surface area contributed by atoms with E-state index in [2.05, 4.69) is 10.1 Å². The molecule has 0 amide bonds. The van der Waals surface area contributed by atoms with Crippen LogP contribution in [0.1, 0.15) is 48.2 Å². The molecule has 7 nitrogen and oxygen atoms in total. The molecule has 3 aromatic rings. The average molecular weight is 435 g/mol. The Kier molecular flexibility index (Phi) is 5.50. The lowest BCUT2D eigenvalue weighted by atomic mass is 10.1. The van der Waals surface area contributed by atoms with Crippen LogP contribution in [0.3, 0.4) is 0 Å². The van der Waals surface area contributed by atoms with Gasteiger partial charge in [-0.2, -0.15) is 9.40 Å². The van der Waals surface area contributed by atoms with Crippen molar-refractivity contribution in [2.24, 2.45) is 7.05 Å². The van der Waals surface area contributed by atoms with E-state index in [0.29, 0.717) is 41.8 Å². The van der Waals surface area contributed by atoms with E-state index < -0.39 is 16.1 Å². The van der Waals surface area contributed by atoms with Gasteiger partial charge in [0.1, 0.15) is 16.7 Å². The lowest BCUT2D eigenvalue weighted by Gasteiger charge is -2.32. The third-order valence-corrected chi connectivity index (χ3v) is 7.38. The predicted octanol–water partition coefficient (Wildman–Crippen LogP) is 3.88. The van der Waals surface area contributed by atoms with Gasteiger partial charge in [0.2, 0.25) is 15.9 Å². The predicted molar refractivity (Wildman–Crippen MR) is 109 cm³/mol. The highest BCUT2D eigenvalue weighted by Gasteiger charge is 2.38. The van der Waals surface area contributed by atoms with Crippen LogP contribution in [-0.2, 0) is 23.5 Å². The SMILES string of the molecule is Cc1nn(C)cc1S(=O)(=O)N1CCCC[C@H]1c1ncc(Cc2cccc(Cl)c2)o1. The highest BCUT2D eigenvalue weighted by atomic mass is 35.5. The number of benzene rings is 1. The number of piperidine rings is 1. The van der Waals surface area contributed by atoms with Crippen LogP contribution in [0.5, 0.6) is 0 Å². The number of sulfonamides is 1. The first-order valence-electron chi connectivity index (χ1n) is 9.56. The molecule has 0 saturated carbocycles. The summed E-state index contributed by atoms with van der Waals surface area (Å²) in [7, 11) is -1.97. The number of aryl methyl sites for hydroxylation is 2. The maximum absolute atomic E-state index is 13.3. The van der Waals surface area contributed by atoms with E-state index in [1.54, 1.807) is 26.4 Å². The molecule has 1 aliphatic rings. The van der Waals surface area contributed by atoms with Crippen LogP contribution >= 0.6 is 11.6 Å². The number of aromatic nitrogens is 3. The fourth-order valence-corrected chi connectivity index (χ4v) is 5.87. The second-order valence-corrected chi connectivity index (χ2v) is 9.65. The van der Waals surface area contributed by atoms with Crippen LogP contribution in [0.25, 0.3) is 0 Å².